The second kappa shape index (κ2) is 6.52. The van der Waals surface area contributed by atoms with Crippen LogP contribution in [0.15, 0.2) is 24.3 Å². The van der Waals surface area contributed by atoms with E-state index in [4.69, 9.17) is 9.84 Å². The Morgan fingerprint density at radius 2 is 2.37 bits per heavy atom. The van der Waals surface area contributed by atoms with Gasteiger partial charge in [0.15, 0.2) is 0 Å². The van der Waals surface area contributed by atoms with E-state index in [1.165, 1.54) is 12.1 Å². The molecule has 0 aliphatic carbocycles. The Balaban J connectivity index is 1.78. The number of amides is 1. The third-order valence-corrected chi connectivity index (χ3v) is 3.29. The zero-order chi connectivity index (χ0) is 13.7. The zero-order valence-corrected chi connectivity index (χ0v) is 10.7. The van der Waals surface area contributed by atoms with Gasteiger partial charge in [0.25, 0.3) is 0 Å². The maximum atomic E-state index is 12.9. The molecule has 1 heterocycles. The van der Waals surface area contributed by atoms with Gasteiger partial charge in [0.05, 0.1) is 25.7 Å². The first-order valence-electron chi connectivity index (χ1n) is 6.49. The van der Waals surface area contributed by atoms with Crippen LogP contribution < -0.4 is 4.74 Å². The molecule has 1 unspecified atom stereocenters. The fourth-order valence-corrected chi connectivity index (χ4v) is 2.31. The monoisotopic (exact) mass is 267 g/mol. The van der Waals surface area contributed by atoms with Crippen LogP contribution in [0.4, 0.5) is 4.39 Å². The van der Waals surface area contributed by atoms with Crippen molar-refractivity contribution in [3.8, 4) is 5.75 Å². The molecule has 19 heavy (non-hydrogen) atoms. The van der Waals surface area contributed by atoms with Crippen LogP contribution in [-0.4, -0.2) is 41.7 Å². The summed E-state index contributed by atoms with van der Waals surface area (Å²) in [7, 11) is 0. The number of benzene rings is 1. The Morgan fingerprint density at radius 1 is 1.53 bits per heavy atom. The molecule has 1 fully saturated rings. The molecule has 2 rings (SSSR count). The predicted octanol–water partition coefficient (Wildman–Crippen LogP) is 1.58. The van der Waals surface area contributed by atoms with Crippen LogP contribution in [0.2, 0.25) is 0 Å². The van der Waals surface area contributed by atoms with Crippen molar-refractivity contribution in [2.45, 2.75) is 25.3 Å². The number of nitrogens with zero attached hydrogens (tertiary/aromatic N) is 1. The molecule has 104 valence electrons. The van der Waals surface area contributed by atoms with Crippen LogP contribution >= 0.6 is 0 Å². The highest BCUT2D eigenvalue weighted by molar-refractivity contribution is 5.77. The van der Waals surface area contributed by atoms with Gasteiger partial charge < -0.3 is 14.7 Å². The van der Waals surface area contributed by atoms with Crippen molar-refractivity contribution in [2.24, 2.45) is 0 Å². The van der Waals surface area contributed by atoms with Crippen LogP contribution in [0, 0.1) is 5.82 Å². The quantitative estimate of drug-likeness (QED) is 0.881. The molecule has 5 heteroatoms. The molecule has 0 radical (unpaired) electrons. The molecule has 1 atom stereocenters. The van der Waals surface area contributed by atoms with Crippen molar-refractivity contribution in [1.29, 1.82) is 0 Å². The first kappa shape index (κ1) is 13.8. The number of halogens is 1. The summed E-state index contributed by atoms with van der Waals surface area (Å²) < 4.78 is 18.2. The summed E-state index contributed by atoms with van der Waals surface area (Å²) in [6.45, 7) is 0.928. The molecule has 0 bridgehead atoms. The lowest BCUT2D eigenvalue weighted by molar-refractivity contribution is -0.133. The molecule has 0 spiro atoms. The van der Waals surface area contributed by atoms with Gasteiger partial charge >= 0.3 is 0 Å². The van der Waals surface area contributed by atoms with Crippen LogP contribution in [0.3, 0.4) is 0 Å². The number of carbonyl (C=O) groups is 1. The fourth-order valence-electron chi connectivity index (χ4n) is 2.31. The van der Waals surface area contributed by atoms with Crippen LogP contribution in [0.1, 0.15) is 19.3 Å². The number of aliphatic hydroxyl groups is 1. The highest BCUT2D eigenvalue weighted by Gasteiger charge is 2.27. The van der Waals surface area contributed by atoms with Crippen LogP contribution in [0.5, 0.6) is 5.75 Å². The molecule has 1 amide bonds. The Morgan fingerprint density at radius 3 is 3.11 bits per heavy atom. The van der Waals surface area contributed by atoms with E-state index in [1.54, 1.807) is 17.0 Å². The van der Waals surface area contributed by atoms with Crippen molar-refractivity contribution >= 4 is 5.91 Å². The number of hydrogen-bond donors (Lipinski definition) is 1. The van der Waals surface area contributed by atoms with Crippen molar-refractivity contribution < 1.29 is 19.0 Å². The van der Waals surface area contributed by atoms with Gasteiger partial charge in [-0.1, -0.05) is 6.07 Å². The number of rotatable bonds is 5. The number of likely N-dealkylation sites (tertiary alicyclic amines) is 1. The zero-order valence-electron chi connectivity index (χ0n) is 10.7. The van der Waals surface area contributed by atoms with E-state index in [0.29, 0.717) is 12.3 Å². The van der Waals surface area contributed by atoms with Gasteiger partial charge in [-0.05, 0) is 25.0 Å². The normalized spacial score (nSPS) is 18.6. The van der Waals surface area contributed by atoms with Gasteiger partial charge in [0.2, 0.25) is 5.91 Å². The predicted molar refractivity (Wildman–Crippen MR) is 68.3 cm³/mol. The average molecular weight is 267 g/mol. The molecular formula is C14H18FNO3. The van der Waals surface area contributed by atoms with Gasteiger partial charge in [0.1, 0.15) is 11.6 Å². The van der Waals surface area contributed by atoms with E-state index in [9.17, 15) is 9.18 Å². The molecule has 1 aromatic rings. The average Bonchev–Trinajstić information content (AvgIpc) is 2.87. The van der Waals surface area contributed by atoms with Gasteiger partial charge in [-0.3, -0.25) is 4.79 Å². The van der Waals surface area contributed by atoms with Gasteiger partial charge in [0, 0.05) is 12.6 Å². The summed E-state index contributed by atoms with van der Waals surface area (Å²) in [5.41, 5.74) is 0. The van der Waals surface area contributed by atoms with E-state index in [1.807, 2.05) is 0 Å². The second-order valence-electron chi connectivity index (χ2n) is 4.62. The first-order chi connectivity index (χ1) is 9.20. The molecule has 4 nitrogen and oxygen atoms in total. The lowest BCUT2D eigenvalue weighted by Crippen LogP contribution is -2.38. The summed E-state index contributed by atoms with van der Waals surface area (Å²) in [5.74, 6) is 0.0459. The summed E-state index contributed by atoms with van der Waals surface area (Å²) >= 11 is 0. The van der Waals surface area contributed by atoms with E-state index >= 15 is 0 Å². The lowest BCUT2D eigenvalue weighted by Gasteiger charge is -2.23. The number of ether oxygens (including phenoxy) is 1. The minimum Gasteiger partial charge on any atom is -0.493 e. The minimum atomic E-state index is -0.358. The lowest BCUT2D eigenvalue weighted by atomic mass is 10.2. The van der Waals surface area contributed by atoms with E-state index in [-0.39, 0.29) is 37.4 Å². The Kier molecular flexibility index (Phi) is 4.74. The van der Waals surface area contributed by atoms with Gasteiger partial charge in [-0.2, -0.15) is 0 Å². The van der Waals surface area contributed by atoms with E-state index in [0.717, 1.165) is 12.8 Å². The molecule has 1 aliphatic heterocycles. The Hall–Kier alpha value is -1.62. The second-order valence-corrected chi connectivity index (χ2v) is 4.62. The molecule has 0 saturated carbocycles. The standard InChI is InChI=1S/C14H18FNO3/c15-11-3-1-5-13(9-11)19-8-6-14(18)16-7-2-4-12(16)10-17/h1,3,5,9,12,17H,2,4,6-8,10H2. The summed E-state index contributed by atoms with van der Waals surface area (Å²) in [6, 6.07) is 5.79. The van der Waals surface area contributed by atoms with Crippen molar-refractivity contribution in [1.82, 2.24) is 4.90 Å². The molecule has 1 saturated heterocycles. The van der Waals surface area contributed by atoms with Gasteiger partial charge in [-0.25, -0.2) is 4.39 Å². The number of aliphatic hydroxyl groups excluding tert-OH is 1. The SMILES string of the molecule is O=C(CCOc1cccc(F)c1)N1CCCC1CO. The first-order valence-corrected chi connectivity index (χ1v) is 6.49. The topological polar surface area (TPSA) is 49.8 Å². The summed E-state index contributed by atoms with van der Waals surface area (Å²) in [6.07, 6.45) is 2.03. The van der Waals surface area contributed by atoms with Gasteiger partial charge in [-0.15, -0.1) is 0 Å². The van der Waals surface area contributed by atoms with E-state index < -0.39 is 0 Å². The largest absolute Gasteiger partial charge is 0.493 e. The third-order valence-electron chi connectivity index (χ3n) is 3.29. The number of carbonyl (C=O) groups excluding carboxylic acids is 1. The van der Waals surface area contributed by atoms with Crippen molar-refractivity contribution in [3.05, 3.63) is 30.1 Å². The summed E-state index contributed by atoms with van der Waals surface area (Å²) in [5, 5.41) is 9.15. The van der Waals surface area contributed by atoms with E-state index in [2.05, 4.69) is 0 Å². The third kappa shape index (κ3) is 3.67. The van der Waals surface area contributed by atoms with Crippen LogP contribution in [-0.2, 0) is 4.79 Å². The molecule has 1 aliphatic rings. The fraction of sp³-hybridized carbons (Fsp3) is 0.500. The molecule has 1 aromatic carbocycles. The Bertz CT molecular complexity index is 438. The maximum Gasteiger partial charge on any atom is 0.226 e. The number of hydrogen-bond acceptors (Lipinski definition) is 3. The molecule has 0 aromatic heterocycles. The minimum absolute atomic E-state index is 0.0104. The highest BCUT2D eigenvalue weighted by atomic mass is 19.1. The molecular weight excluding hydrogens is 249 g/mol. The van der Waals surface area contributed by atoms with Crippen LogP contribution in [0.25, 0.3) is 0 Å². The highest BCUT2D eigenvalue weighted by Crippen LogP contribution is 2.18. The summed E-state index contributed by atoms with van der Waals surface area (Å²) in [4.78, 5) is 13.6. The van der Waals surface area contributed by atoms with Crippen molar-refractivity contribution in [2.75, 3.05) is 19.8 Å². The van der Waals surface area contributed by atoms with Crippen molar-refractivity contribution in [3.63, 3.8) is 0 Å². The molecule has 1 N–H and O–H groups in total. The maximum absolute atomic E-state index is 12.9. The smallest absolute Gasteiger partial charge is 0.226 e. The Labute approximate surface area is 111 Å².